The lowest BCUT2D eigenvalue weighted by atomic mass is 10.4. The third kappa shape index (κ3) is 1.77. The standard InChI is InChI=1S/C5H5F3IN/c6-5(7,8)4(10-9)3-1-2-3/h10H,1-2H2. The first-order valence-corrected chi connectivity index (χ1v) is 3.79. The zero-order chi connectivity index (χ0) is 7.78. The van der Waals surface area contributed by atoms with Crippen molar-refractivity contribution >= 4 is 22.9 Å². The lowest BCUT2D eigenvalue weighted by Gasteiger charge is -2.08. The Kier molecular flexibility index (Phi) is 2.12. The van der Waals surface area contributed by atoms with Gasteiger partial charge in [0.15, 0.2) is 0 Å². The fourth-order valence-corrected chi connectivity index (χ4v) is 1.32. The average Bonchev–Trinajstić information content (AvgIpc) is 2.46. The molecule has 1 fully saturated rings. The van der Waals surface area contributed by atoms with Crippen molar-refractivity contribution in [3.8, 4) is 0 Å². The number of rotatable bonds is 1. The Morgan fingerprint density at radius 2 is 1.90 bits per heavy atom. The van der Waals surface area contributed by atoms with Crippen molar-refractivity contribution in [2.24, 2.45) is 0 Å². The van der Waals surface area contributed by atoms with Crippen LogP contribution in [-0.2, 0) is 0 Å². The van der Waals surface area contributed by atoms with Crippen LogP contribution in [0.3, 0.4) is 0 Å². The highest BCUT2D eigenvalue weighted by atomic mass is 127. The summed E-state index contributed by atoms with van der Waals surface area (Å²) in [6.07, 6.45) is -3.01. The molecule has 0 radical (unpaired) electrons. The van der Waals surface area contributed by atoms with Gasteiger partial charge in [-0.1, -0.05) is 0 Å². The molecule has 0 aromatic heterocycles. The van der Waals surface area contributed by atoms with E-state index in [4.69, 9.17) is 0 Å². The van der Waals surface area contributed by atoms with Crippen LogP contribution in [0.4, 0.5) is 13.2 Å². The van der Waals surface area contributed by atoms with E-state index < -0.39 is 11.9 Å². The summed E-state index contributed by atoms with van der Waals surface area (Å²) >= 11 is 1.50. The maximum Gasteiger partial charge on any atom is 0.431 e. The summed E-state index contributed by atoms with van der Waals surface area (Å²) in [5, 5.41) is 0. The van der Waals surface area contributed by atoms with Gasteiger partial charge in [-0.15, -0.1) is 0 Å². The van der Waals surface area contributed by atoms with Crippen LogP contribution in [0.2, 0.25) is 0 Å². The number of allylic oxidation sites excluding steroid dienone is 2. The molecule has 1 aliphatic rings. The van der Waals surface area contributed by atoms with Crippen molar-refractivity contribution in [3.05, 3.63) is 11.3 Å². The third-order valence-corrected chi connectivity index (χ3v) is 1.77. The second-order valence-electron chi connectivity index (χ2n) is 2.07. The molecule has 0 heterocycles. The van der Waals surface area contributed by atoms with E-state index in [1.54, 1.807) is 0 Å². The minimum Gasteiger partial charge on any atom is -0.324 e. The van der Waals surface area contributed by atoms with Gasteiger partial charge in [0.25, 0.3) is 0 Å². The largest absolute Gasteiger partial charge is 0.431 e. The van der Waals surface area contributed by atoms with Crippen LogP contribution in [0.1, 0.15) is 12.8 Å². The van der Waals surface area contributed by atoms with Crippen LogP contribution in [0.25, 0.3) is 0 Å². The minimum atomic E-state index is -4.19. The van der Waals surface area contributed by atoms with E-state index in [1.807, 2.05) is 0 Å². The van der Waals surface area contributed by atoms with Crippen LogP contribution in [0.5, 0.6) is 0 Å². The first kappa shape index (κ1) is 8.16. The molecule has 1 aliphatic carbocycles. The number of halogens is 4. The molecule has 0 aromatic rings. The zero-order valence-electron chi connectivity index (χ0n) is 4.93. The van der Waals surface area contributed by atoms with E-state index in [0.717, 1.165) is 0 Å². The summed E-state index contributed by atoms with van der Waals surface area (Å²) in [5.41, 5.74) is -0.0741. The number of hydrogen-bond acceptors (Lipinski definition) is 1. The SMILES string of the molecule is FC(F)(F)C(NI)=C1CC1. The van der Waals surface area contributed by atoms with E-state index in [9.17, 15) is 13.2 Å². The highest BCUT2D eigenvalue weighted by Gasteiger charge is 2.38. The molecule has 1 rings (SSSR count). The average molecular weight is 263 g/mol. The summed E-state index contributed by atoms with van der Waals surface area (Å²) in [5.74, 6) is 0. The fourth-order valence-electron chi connectivity index (χ4n) is 0.633. The summed E-state index contributed by atoms with van der Waals surface area (Å²) in [6.45, 7) is 0. The highest BCUT2D eigenvalue weighted by molar-refractivity contribution is 14.1. The van der Waals surface area contributed by atoms with Crippen molar-refractivity contribution in [3.63, 3.8) is 0 Å². The molecule has 0 unspecified atom stereocenters. The van der Waals surface area contributed by atoms with Crippen molar-refractivity contribution in [1.82, 2.24) is 3.53 Å². The molecule has 0 aliphatic heterocycles. The Balaban J connectivity index is 2.76. The van der Waals surface area contributed by atoms with E-state index >= 15 is 0 Å². The van der Waals surface area contributed by atoms with Crippen molar-refractivity contribution in [2.75, 3.05) is 0 Å². The Morgan fingerprint density at radius 3 is 2.00 bits per heavy atom. The van der Waals surface area contributed by atoms with Gasteiger partial charge in [-0.2, -0.15) is 13.2 Å². The Labute approximate surface area is 70.2 Å². The molecule has 0 bridgehead atoms. The molecule has 1 N–H and O–H groups in total. The minimum absolute atomic E-state index is 0.488. The normalized spacial score (nSPS) is 17.0. The van der Waals surface area contributed by atoms with Crippen molar-refractivity contribution in [2.45, 2.75) is 19.0 Å². The van der Waals surface area contributed by atoms with Gasteiger partial charge >= 0.3 is 6.18 Å². The van der Waals surface area contributed by atoms with Crippen LogP contribution >= 0.6 is 22.9 Å². The molecule has 1 saturated carbocycles. The quantitative estimate of drug-likeness (QED) is 0.566. The van der Waals surface area contributed by atoms with Gasteiger partial charge < -0.3 is 3.53 Å². The molecular weight excluding hydrogens is 258 g/mol. The number of nitrogens with one attached hydrogen (secondary N) is 1. The van der Waals surface area contributed by atoms with Crippen molar-refractivity contribution in [1.29, 1.82) is 0 Å². The maximum atomic E-state index is 11.9. The lowest BCUT2D eigenvalue weighted by molar-refractivity contribution is -0.0941. The van der Waals surface area contributed by atoms with Gasteiger partial charge in [0.1, 0.15) is 5.70 Å². The predicted octanol–water partition coefficient (Wildman–Crippen LogP) is 2.54. The van der Waals surface area contributed by atoms with E-state index in [-0.39, 0.29) is 0 Å². The summed E-state index contributed by atoms with van der Waals surface area (Å²) in [4.78, 5) is 0. The molecular formula is C5H5F3IN. The second-order valence-corrected chi connectivity index (χ2v) is 2.61. The summed E-state index contributed by atoms with van der Waals surface area (Å²) < 4.78 is 37.8. The summed E-state index contributed by atoms with van der Waals surface area (Å²) in [7, 11) is 0. The van der Waals surface area contributed by atoms with Gasteiger partial charge in [0, 0.05) is 0 Å². The van der Waals surface area contributed by atoms with Gasteiger partial charge in [-0.05, 0) is 18.4 Å². The smallest absolute Gasteiger partial charge is 0.324 e. The predicted molar refractivity (Wildman–Crippen MR) is 39.5 cm³/mol. The van der Waals surface area contributed by atoms with E-state index in [1.165, 1.54) is 22.9 Å². The molecule has 0 amide bonds. The molecule has 58 valence electrons. The zero-order valence-corrected chi connectivity index (χ0v) is 7.08. The highest BCUT2D eigenvalue weighted by Crippen LogP contribution is 2.38. The third-order valence-electron chi connectivity index (χ3n) is 1.23. The number of alkyl halides is 3. The molecule has 0 aromatic carbocycles. The van der Waals surface area contributed by atoms with Crippen LogP contribution in [0, 0.1) is 0 Å². The van der Waals surface area contributed by atoms with Gasteiger partial charge in [-0.25, -0.2) is 0 Å². The van der Waals surface area contributed by atoms with E-state index in [0.29, 0.717) is 18.4 Å². The maximum absolute atomic E-state index is 11.9. The second kappa shape index (κ2) is 2.60. The van der Waals surface area contributed by atoms with Crippen LogP contribution < -0.4 is 3.53 Å². The summed E-state index contributed by atoms with van der Waals surface area (Å²) in [6, 6.07) is 0. The Hall–Kier alpha value is 0.0600. The molecule has 0 saturated heterocycles. The van der Waals surface area contributed by atoms with Gasteiger partial charge in [0.2, 0.25) is 0 Å². The van der Waals surface area contributed by atoms with Crippen LogP contribution in [-0.4, -0.2) is 6.18 Å². The monoisotopic (exact) mass is 263 g/mol. The topological polar surface area (TPSA) is 12.0 Å². The Morgan fingerprint density at radius 1 is 1.40 bits per heavy atom. The van der Waals surface area contributed by atoms with Gasteiger partial charge in [0.05, 0.1) is 22.9 Å². The molecule has 0 spiro atoms. The molecule has 5 heteroatoms. The Bertz CT molecular complexity index is 166. The fraction of sp³-hybridized carbons (Fsp3) is 0.600. The lowest BCUT2D eigenvalue weighted by Crippen LogP contribution is -2.19. The first-order valence-electron chi connectivity index (χ1n) is 2.71. The number of hydrogen-bond donors (Lipinski definition) is 1. The molecule has 10 heavy (non-hydrogen) atoms. The first-order chi connectivity index (χ1) is 4.55. The van der Waals surface area contributed by atoms with E-state index in [2.05, 4.69) is 3.53 Å². The molecule has 1 nitrogen and oxygen atoms in total. The molecule has 0 atom stereocenters. The van der Waals surface area contributed by atoms with Crippen LogP contribution in [0.15, 0.2) is 11.3 Å². The van der Waals surface area contributed by atoms with Gasteiger partial charge in [-0.3, -0.25) is 0 Å². The van der Waals surface area contributed by atoms with Crippen molar-refractivity contribution < 1.29 is 13.2 Å².